The molecule has 1 aliphatic rings. The Balaban J connectivity index is 1.69. The third kappa shape index (κ3) is 6.06. The van der Waals surface area contributed by atoms with E-state index in [4.69, 9.17) is 4.74 Å². The van der Waals surface area contributed by atoms with E-state index >= 15 is 0 Å². The van der Waals surface area contributed by atoms with E-state index in [1.807, 2.05) is 12.1 Å². The van der Waals surface area contributed by atoms with Crippen LogP contribution in [0.5, 0.6) is 5.75 Å². The van der Waals surface area contributed by atoms with Crippen molar-refractivity contribution < 1.29 is 9.84 Å². The van der Waals surface area contributed by atoms with Gasteiger partial charge in [0.25, 0.3) is 0 Å². The van der Waals surface area contributed by atoms with Crippen molar-refractivity contribution >= 4 is 0 Å². The first-order chi connectivity index (χ1) is 10.1. The quantitative estimate of drug-likeness (QED) is 0.734. The van der Waals surface area contributed by atoms with Crippen LogP contribution in [0, 0.1) is 19.8 Å². The van der Waals surface area contributed by atoms with Gasteiger partial charge in [0, 0.05) is 12.6 Å². The van der Waals surface area contributed by atoms with Gasteiger partial charge in [0.1, 0.15) is 18.5 Å². The van der Waals surface area contributed by atoms with Crippen molar-refractivity contribution in [1.29, 1.82) is 0 Å². The average molecular weight is 291 g/mol. The molecular weight excluding hydrogens is 262 g/mol. The molecule has 0 spiro atoms. The number of aliphatic hydroxyl groups is 1. The van der Waals surface area contributed by atoms with Gasteiger partial charge in [-0.15, -0.1) is 0 Å². The van der Waals surface area contributed by atoms with Gasteiger partial charge >= 0.3 is 0 Å². The second kappa shape index (κ2) is 7.81. The summed E-state index contributed by atoms with van der Waals surface area (Å²) in [7, 11) is 0. The molecule has 2 N–H and O–H groups in total. The lowest BCUT2D eigenvalue weighted by atomic mass is 10.1. The molecule has 118 valence electrons. The number of hydrogen-bond acceptors (Lipinski definition) is 3. The van der Waals surface area contributed by atoms with Gasteiger partial charge < -0.3 is 15.2 Å². The zero-order valence-corrected chi connectivity index (χ0v) is 13.6. The first-order valence-electron chi connectivity index (χ1n) is 8.19. The molecule has 1 saturated carbocycles. The molecule has 1 aliphatic carbocycles. The van der Waals surface area contributed by atoms with Gasteiger partial charge in [-0.3, -0.25) is 0 Å². The molecule has 2 unspecified atom stereocenters. The summed E-state index contributed by atoms with van der Waals surface area (Å²) in [6.45, 7) is 7.27. The Kier molecular flexibility index (Phi) is 6.07. The molecule has 0 aliphatic heterocycles. The third-order valence-electron chi connectivity index (χ3n) is 4.09. The van der Waals surface area contributed by atoms with Crippen LogP contribution in [-0.2, 0) is 0 Å². The van der Waals surface area contributed by atoms with Crippen LogP contribution in [0.3, 0.4) is 0 Å². The maximum atomic E-state index is 10.1. The van der Waals surface area contributed by atoms with E-state index in [9.17, 15) is 5.11 Å². The predicted molar refractivity (Wildman–Crippen MR) is 86.8 cm³/mol. The number of nitrogens with one attached hydrogen (secondary N) is 1. The zero-order valence-electron chi connectivity index (χ0n) is 13.6. The molecular formula is C18H29NO2. The Morgan fingerprint density at radius 3 is 2.48 bits per heavy atom. The smallest absolute Gasteiger partial charge is 0.119 e. The van der Waals surface area contributed by atoms with Crippen molar-refractivity contribution in [3.05, 3.63) is 29.3 Å². The van der Waals surface area contributed by atoms with Gasteiger partial charge in [-0.05, 0) is 55.9 Å². The third-order valence-corrected chi connectivity index (χ3v) is 4.09. The van der Waals surface area contributed by atoms with Gasteiger partial charge in [0.15, 0.2) is 0 Å². The second-order valence-electron chi connectivity index (χ2n) is 6.48. The Morgan fingerprint density at radius 2 is 1.90 bits per heavy atom. The van der Waals surface area contributed by atoms with Crippen LogP contribution in [0.2, 0.25) is 0 Å². The molecule has 1 fully saturated rings. The monoisotopic (exact) mass is 291 g/mol. The first-order valence-corrected chi connectivity index (χ1v) is 8.19. The van der Waals surface area contributed by atoms with Gasteiger partial charge in [0.05, 0.1) is 0 Å². The fourth-order valence-corrected chi connectivity index (χ4v) is 2.72. The summed E-state index contributed by atoms with van der Waals surface area (Å²) in [5, 5.41) is 13.5. The van der Waals surface area contributed by atoms with Crippen LogP contribution < -0.4 is 10.1 Å². The molecule has 0 saturated heterocycles. The molecule has 3 nitrogen and oxygen atoms in total. The fraction of sp³-hybridized carbons (Fsp3) is 0.667. The minimum Gasteiger partial charge on any atom is -0.491 e. The Hall–Kier alpha value is -1.06. The van der Waals surface area contributed by atoms with E-state index in [0.29, 0.717) is 19.2 Å². The molecule has 0 bridgehead atoms. The van der Waals surface area contributed by atoms with Crippen LogP contribution in [0.1, 0.15) is 43.7 Å². The highest BCUT2D eigenvalue weighted by molar-refractivity contribution is 5.32. The molecule has 1 aromatic rings. The van der Waals surface area contributed by atoms with E-state index < -0.39 is 6.10 Å². The first kappa shape index (κ1) is 16.3. The average Bonchev–Trinajstić information content (AvgIpc) is 3.24. The van der Waals surface area contributed by atoms with Crippen LogP contribution in [-0.4, -0.2) is 30.4 Å². The summed E-state index contributed by atoms with van der Waals surface area (Å²) in [6, 6.07) is 6.67. The van der Waals surface area contributed by atoms with E-state index in [2.05, 4.69) is 32.2 Å². The highest BCUT2D eigenvalue weighted by atomic mass is 16.5. The molecule has 21 heavy (non-hydrogen) atoms. The number of ether oxygens (including phenoxy) is 1. The van der Waals surface area contributed by atoms with Crippen LogP contribution in [0.15, 0.2) is 18.2 Å². The minimum atomic E-state index is -0.459. The summed E-state index contributed by atoms with van der Waals surface area (Å²) in [5.74, 6) is 1.77. The van der Waals surface area contributed by atoms with E-state index in [1.54, 1.807) is 0 Å². The highest BCUT2D eigenvalue weighted by Gasteiger charge is 2.24. The van der Waals surface area contributed by atoms with Crippen molar-refractivity contribution in [2.45, 2.75) is 58.6 Å². The molecule has 2 atom stereocenters. The standard InChI is InChI=1S/C18H29NO2/c1-4-16(10-15-5-6-15)19-11-17(20)12-21-18-8-13(2)7-14(3)9-18/h7-9,15-17,19-20H,4-6,10-12H2,1-3H3. The summed E-state index contributed by atoms with van der Waals surface area (Å²) in [4.78, 5) is 0. The summed E-state index contributed by atoms with van der Waals surface area (Å²) < 4.78 is 5.70. The van der Waals surface area contributed by atoms with Crippen LogP contribution in [0.25, 0.3) is 0 Å². The van der Waals surface area contributed by atoms with Gasteiger partial charge in [-0.1, -0.05) is 25.8 Å². The van der Waals surface area contributed by atoms with E-state index in [0.717, 1.165) is 18.1 Å². The lowest BCUT2D eigenvalue weighted by molar-refractivity contribution is 0.103. The van der Waals surface area contributed by atoms with Crippen molar-refractivity contribution in [3.8, 4) is 5.75 Å². The number of aryl methyl sites for hydroxylation is 2. The summed E-state index contributed by atoms with van der Waals surface area (Å²) in [5.41, 5.74) is 2.38. The topological polar surface area (TPSA) is 41.5 Å². The zero-order chi connectivity index (χ0) is 15.2. The van der Waals surface area contributed by atoms with E-state index in [-0.39, 0.29) is 0 Å². The maximum Gasteiger partial charge on any atom is 0.119 e. The molecule has 0 radical (unpaired) electrons. The number of rotatable bonds is 9. The summed E-state index contributed by atoms with van der Waals surface area (Å²) in [6.07, 6.45) is 4.69. The molecule has 2 rings (SSSR count). The van der Waals surface area contributed by atoms with Gasteiger partial charge in [0.2, 0.25) is 0 Å². The lowest BCUT2D eigenvalue weighted by Crippen LogP contribution is -2.38. The SMILES string of the molecule is CCC(CC1CC1)NCC(O)COc1cc(C)cc(C)c1. The molecule has 1 aromatic carbocycles. The Labute approximate surface area is 128 Å². The van der Waals surface area contributed by atoms with E-state index in [1.165, 1.54) is 30.4 Å². The normalized spacial score (nSPS) is 17.5. The number of aliphatic hydroxyl groups excluding tert-OH is 1. The predicted octanol–water partition coefficient (Wildman–Crippen LogP) is 3.21. The van der Waals surface area contributed by atoms with Gasteiger partial charge in [-0.25, -0.2) is 0 Å². The fourth-order valence-electron chi connectivity index (χ4n) is 2.72. The lowest BCUT2D eigenvalue weighted by Gasteiger charge is -2.19. The molecule has 0 amide bonds. The minimum absolute atomic E-state index is 0.343. The van der Waals surface area contributed by atoms with Crippen LogP contribution in [0.4, 0.5) is 0 Å². The number of benzene rings is 1. The van der Waals surface area contributed by atoms with Crippen molar-refractivity contribution in [2.75, 3.05) is 13.2 Å². The number of hydrogen-bond donors (Lipinski definition) is 2. The Morgan fingerprint density at radius 1 is 1.24 bits per heavy atom. The van der Waals surface area contributed by atoms with Crippen molar-refractivity contribution in [2.24, 2.45) is 5.92 Å². The summed E-state index contributed by atoms with van der Waals surface area (Å²) >= 11 is 0. The van der Waals surface area contributed by atoms with Gasteiger partial charge in [-0.2, -0.15) is 0 Å². The Bertz CT molecular complexity index is 423. The van der Waals surface area contributed by atoms with Crippen molar-refractivity contribution in [1.82, 2.24) is 5.32 Å². The highest BCUT2D eigenvalue weighted by Crippen LogP contribution is 2.33. The molecule has 0 aromatic heterocycles. The largest absolute Gasteiger partial charge is 0.491 e. The maximum absolute atomic E-state index is 10.1. The second-order valence-corrected chi connectivity index (χ2v) is 6.48. The molecule has 3 heteroatoms. The van der Waals surface area contributed by atoms with Crippen LogP contribution >= 0.6 is 0 Å². The van der Waals surface area contributed by atoms with Crippen molar-refractivity contribution in [3.63, 3.8) is 0 Å². The molecule has 0 heterocycles.